The van der Waals surface area contributed by atoms with Crippen molar-refractivity contribution in [1.29, 1.82) is 0 Å². The number of aromatic nitrogens is 1. The fourth-order valence-electron chi connectivity index (χ4n) is 3.02. The van der Waals surface area contributed by atoms with Gasteiger partial charge in [0.25, 0.3) is 0 Å². The summed E-state index contributed by atoms with van der Waals surface area (Å²) in [6, 6.07) is 7.46. The lowest BCUT2D eigenvalue weighted by atomic mass is 9.97. The SMILES string of the molecule is Cc1csc(SCC(=O)N2CC[C@H](Cc3cccc(C(N)=O)c3)C2)n1. The molecule has 0 bridgehead atoms. The van der Waals surface area contributed by atoms with Crippen molar-refractivity contribution in [3.8, 4) is 0 Å². The molecule has 2 amide bonds. The molecule has 0 aliphatic carbocycles. The third-order valence-electron chi connectivity index (χ3n) is 4.29. The normalized spacial score (nSPS) is 17.0. The van der Waals surface area contributed by atoms with Crippen molar-refractivity contribution in [2.75, 3.05) is 18.8 Å². The minimum atomic E-state index is -0.403. The maximum atomic E-state index is 12.4. The molecule has 2 aromatic rings. The van der Waals surface area contributed by atoms with Gasteiger partial charge in [0, 0.05) is 29.7 Å². The monoisotopic (exact) mass is 375 g/mol. The Hall–Kier alpha value is -1.86. The average molecular weight is 376 g/mol. The van der Waals surface area contributed by atoms with Crippen LogP contribution in [-0.4, -0.2) is 40.5 Å². The van der Waals surface area contributed by atoms with Gasteiger partial charge in [0.05, 0.1) is 5.75 Å². The molecule has 1 atom stereocenters. The first-order chi connectivity index (χ1) is 12.0. The van der Waals surface area contributed by atoms with Crippen LogP contribution < -0.4 is 5.73 Å². The molecular formula is C18H21N3O2S2. The van der Waals surface area contributed by atoms with E-state index in [0.29, 0.717) is 17.2 Å². The maximum Gasteiger partial charge on any atom is 0.248 e. The van der Waals surface area contributed by atoms with E-state index in [1.807, 2.05) is 35.4 Å². The molecule has 1 fully saturated rings. The molecule has 0 spiro atoms. The highest BCUT2D eigenvalue weighted by molar-refractivity contribution is 8.01. The van der Waals surface area contributed by atoms with E-state index >= 15 is 0 Å². The number of benzene rings is 1. The van der Waals surface area contributed by atoms with Gasteiger partial charge in [0.1, 0.15) is 0 Å². The highest BCUT2D eigenvalue weighted by atomic mass is 32.2. The third kappa shape index (κ3) is 4.83. The largest absolute Gasteiger partial charge is 0.366 e. The quantitative estimate of drug-likeness (QED) is 0.788. The summed E-state index contributed by atoms with van der Waals surface area (Å²) in [5.74, 6) is 0.640. The summed E-state index contributed by atoms with van der Waals surface area (Å²) in [5, 5.41) is 2.00. The zero-order valence-corrected chi connectivity index (χ0v) is 15.7. The van der Waals surface area contributed by atoms with Crippen LogP contribution in [0.1, 0.15) is 28.0 Å². The second-order valence-corrected chi connectivity index (χ2v) is 8.39. The molecule has 25 heavy (non-hydrogen) atoms. The summed E-state index contributed by atoms with van der Waals surface area (Å²) in [6.45, 7) is 3.54. The first kappa shape index (κ1) is 17.9. The Morgan fingerprint density at radius 3 is 3.00 bits per heavy atom. The molecule has 0 saturated carbocycles. The minimum absolute atomic E-state index is 0.172. The molecule has 132 valence electrons. The van der Waals surface area contributed by atoms with Gasteiger partial charge < -0.3 is 10.6 Å². The van der Waals surface area contributed by atoms with Crippen molar-refractivity contribution >= 4 is 34.9 Å². The van der Waals surface area contributed by atoms with Crippen LogP contribution in [-0.2, 0) is 11.2 Å². The van der Waals surface area contributed by atoms with E-state index < -0.39 is 5.91 Å². The smallest absolute Gasteiger partial charge is 0.248 e. The molecule has 2 N–H and O–H groups in total. The summed E-state index contributed by atoms with van der Waals surface area (Å²) < 4.78 is 0.949. The topological polar surface area (TPSA) is 76.3 Å². The Bertz CT molecular complexity index is 775. The minimum Gasteiger partial charge on any atom is -0.366 e. The number of rotatable bonds is 6. The van der Waals surface area contributed by atoms with E-state index in [-0.39, 0.29) is 5.91 Å². The maximum absolute atomic E-state index is 12.4. The number of aryl methyl sites for hydroxylation is 1. The number of amides is 2. The molecule has 7 heteroatoms. The third-order valence-corrected chi connectivity index (χ3v) is 6.42. The Balaban J connectivity index is 1.50. The highest BCUT2D eigenvalue weighted by Crippen LogP contribution is 2.25. The number of thiazole rings is 1. The van der Waals surface area contributed by atoms with Crippen LogP contribution in [0.5, 0.6) is 0 Å². The highest BCUT2D eigenvalue weighted by Gasteiger charge is 2.26. The summed E-state index contributed by atoms with van der Waals surface area (Å²) >= 11 is 3.09. The fraction of sp³-hybridized carbons (Fsp3) is 0.389. The molecule has 1 aromatic heterocycles. The number of thioether (sulfide) groups is 1. The van der Waals surface area contributed by atoms with Crippen LogP contribution >= 0.6 is 23.1 Å². The molecule has 1 aliphatic rings. The Labute approximate surface area is 155 Å². The summed E-state index contributed by atoms with van der Waals surface area (Å²) in [4.78, 5) is 30.0. The standard InChI is InChI=1S/C18H21N3O2S2/c1-12-10-24-18(20-12)25-11-16(22)21-6-5-14(9-21)7-13-3-2-4-15(8-13)17(19)23/h2-4,8,10,14H,5-7,9,11H2,1H3,(H2,19,23)/t14-/m1/s1. The molecule has 0 unspecified atom stereocenters. The second kappa shape index (κ2) is 8.01. The number of likely N-dealkylation sites (tertiary alicyclic amines) is 1. The number of nitrogens with zero attached hydrogens (tertiary/aromatic N) is 2. The van der Waals surface area contributed by atoms with Crippen molar-refractivity contribution in [3.05, 3.63) is 46.5 Å². The lowest BCUT2D eigenvalue weighted by molar-refractivity contribution is -0.127. The van der Waals surface area contributed by atoms with Crippen LogP contribution in [0, 0.1) is 12.8 Å². The van der Waals surface area contributed by atoms with Crippen molar-refractivity contribution in [3.63, 3.8) is 0 Å². The number of primary amides is 1. The number of hydrogen-bond acceptors (Lipinski definition) is 5. The number of carbonyl (C=O) groups is 2. The second-order valence-electron chi connectivity index (χ2n) is 6.31. The molecule has 1 aliphatic heterocycles. The summed E-state index contributed by atoms with van der Waals surface area (Å²) in [5.41, 5.74) is 7.98. The molecular weight excluding hydrogens is 354 g/mol. The van der Waals surface area contributed by atoms with E-state index in [4.69, 9.17) is 5.73 Å². The number of carbonyl (C=O) groups excluding carboxylic acids is 2. The Morgan fingerprint density at radius 2 is 2.28 bits per heavy atom. The number of nitrogens with two attached hydrogens (primary N) is 1. The van der Waals surface area contributed by atoms with E-state index in [0.717, 1.165) is 41.5 Å². The number of hydrogen-bond donors (Lipinski definition) is 1. The van der Waals surface area contributed by atoms with Gasteiger partial charge in [0.2, 0.25) is 11.8 Å². The Morgan fingerprint density at radius 1 is 1.44 bits per heavy atom. The zero-order valence-electron chi connectivity index (χ0n) is 14.1. The van der Waals surface area contributed by atoms with Gasteiger partial charge in [-0.2, -0.15) is 0 Å². The van der Waals surface area contributed by atoms with E-state index in [1.165, 1.54) is 11.8 Å². The van der Waals surface area contributed by atoms with E-state index in [2.05, 4.69) is 4.98 Å². The fourth-order valence-corrected chi connectivity index (χ4v) is 4.78. The predicted octanol–water partition coefficient (Wildman–Crippen LogP) is 2.73. The van der Waals surface area contributed by atoms with Crippen LogP contribution in [0.4, 0.5) is 0 Å². The average Bonchev–Trinajstić information content (AvgIpc) is 3.22. The zero-order chi connectivity index (χ0) is 17.8. The molecule has 3 rings (SSSR count). The summed E-state index contributed by atoms with van der Waals surface area (Å²) in [7, 11) is 0. The lowest BCUT2D eigenvalue weighted by Gasteiger charge is -2.16. The molecule has 1 saturated heterocycles. The first-order valence-electron chi connectivity index (χ1n) is 8.22. The van der Waals surface area contributed by atoms with Crippen molar-refractivity contribution in [2.24, 2.45) is 11.7 Å². The molecule has 5 nitrogen and oxygen atoms in total. The van der Waals surface area contributed by atoms with Gasteiger partial charge >= 0.3 is 0 Å². The van der Waals surface area contributed by atoms with Crippen LogP contribution in [0.2, 0.25) is 0 Å². The molecule has 1 aromatic carbocycles. The van der Waals surface area contributed by atoms with Gasteiger partial charge in [0.15, 0.2) is 4.34 Å². The van der Waals surface area contributed by atoms with Gasteiger partial charge in [-0.25, -0.2) is 4.98 Å². The lowest BCUT2D eigenvalue weighted by Crippen LogP contribution is -2.30. The Kier molecular flexibility index (Phi) is 5.75. The van der Waals surface area contributed by atoms with Gasteiger partial charge in [-0.3, -0.25) is 9.59 Å². The molecule has 2 heterocycles. The van der Waals surface area contributed by atoms with Crippen molar-refractivity contribution in [2.45, 2.75) is 24.1 Å². The van der Waals surface area contributed by atoms with E-state index in [9.17, 15) is 9.59 Å². The van der Waals surface area contributed by atoms with Crippen LogP contribution in [0.25, 0.3) is 0 Å². The van der Waals surface area contributed by atoms with Crippen molar-refractivity contribution < 1.29 is 9.59 Å². The predicted molar refractivity (Wildman–Crippen MR) is 101 cm³/mol. The van der Waals surface area contributed by atoms with Gasteiger partial charge in [-0.15, -0.1) is 11.3 Å². The van der Waals surface area contributed by atoms with Gasteiger partial charge in [-0.1, -0.05) is 23.9 Å². The van der Waals surface area contributed by atoms with Gasteiger partial charge in [-0.05, 0) is 43.4 Å². The first-order valence-corrected chi connectivity index (χ1v) is 10.1. The van der Waals surface area contributed by atoms with E-state index in [1.54, 1.807) is 17.4 Å². The van der Waals surface area contributed by atoms with Crippen LogP contribution in [0.15, 0.2) is 34.0 Å². The summed E-state index contributed by atoms with van der Waals surface area (Å²) in [6.07, 6.45) is 1.86. The molecule has 0 radical (unpaired) electrons. The van der Waals surface area contributed by atoms with Crippen LogP contribution in [0.3, 0.4) is 0 Å². The van der Waals surface area contributed by atoms with Crippen molar-refractivity contribution in [1.82, 2.24) is 9.88 Å².